The van der Waals surface area contributed by atoms with Crippen LogP contribution in [0, 0.1) is 0 Å². The van der Waals surface area contributed by atoms with Crippen LogP contribution in [-0.4, -0.2) is 21.9 Å². The van der Waals surface area contributed by atoms with E-state index in [4.69, 9.17) is 0 Å². The van der Waals surface area contributed by atoms with Crippen LogP contribution in [0.25, 0.3) is 0 Å². The molecule has 1 aliphatic heterocycles. The molecule has 0 radical (unpaired) electrons. The molecule has 19 heavy (non-hydrogen) atoms. The van der Waals surface area contributed by atoms with E-state index in [2.05, 4.69) is 27.6 Å². The van der Waals surface area contributed by atoms with Crippen LogP contribution in [0.2, 0.25) is 0 Å². The molecule has 1 aliphatic rings. The van der Waals surface area contributed by atoms with Crippen LogP contribution in [0.1, 0.15) is 22.1 Å². The lowest BCUT2D eigenvalue weighted by atomic mass is 10.0. The van der Waals surface area contributed by atoms with Gasteiger partial charge in [-0.1, -0.05) is 24.3 Å². The first-order chi connectivity index (χ1) is 9.34. The van der Waals surface area contributed by atoms with Gasteiger partial charge in [0.1, 0.15) is 5.25 Å². The molecule has 1 atom stereocenters. The van der Waals surface area contributed by atoms with Crippen LogP contribution >= 0.6 is 11.8 Å². The third-order valence-corrected chi connectivity index (χ3v) is 4.48. The fourth-order valence-corrected chi connectivity index (χ4v) is 3.49. The molecule has 2 heterocycles. The van der Waals surface area contributed by atoms with Crippen molar-refractivity contribution in [3.05, 3.63) is 53.3 Å². The quantitative estimate of drug-likeness (QED) is 0.900. The summed E-state index contributed by atoms with van der Waals surface area (Å²) in [5.74, 6) is 1.07. The molecule has 0 spiro atoms. The molecule has 1 aromatic heterocycles. The van der Waals surface area contributed by atoms with Gasteiger partial charge in [-0.3, -0.25) is 9.89 Å². The van der Waals surface area contributed by atoms with Crippen LogP contribution in [0.5, 0.6) is 0 Å². The maximum atomic E-state index is 12.3. The summed E-state index contributed by atoms with van der Waals surface area (Å²) in [7, 11) is 0. The van der Waals surface area contributed by atoms with E-state index in [1.54, 1.807) is 18.0 Å². The van der Waals surface area contributed by atoms with Crippen molar-refractivity contribution in [2.45, 2.75) is 18.2 Å². The van der Waals surface area contributed by atoms with E-state index in [1.807, 2.05) is 18.2 Å². The summed E-state index contributed by atoms with van der Waals surface area (Å²) in [6.45, 7) is 0.498. The number of amides is 1. The summed E-state index contributed by atoms with van der Waals surface area (Å²) in [5.41, 5.74) is 3.37. The van der Waals surface area contributed by atoms with Gasteiger partial charge in [0, 0.05) is 6.20 Å². The number of aromatic amines is 1. The van der Waals surface area contributed by atoms with E-state index in [1.165, 1.54) is 5.56 Å². The van der Waals surface area contributed by atoms with Crippen molar-refractivity contribution in [2.24, 2.45) is 0 Å². The maximum absolute atomic E-state index is 12.3. The van der Waals surface area contributed by atoms with E-state index in [0.29, 0.717) is 6.54 Å². The number of carbonyl (C=O) groups excluding carboxylic acids is 1. The summed E-state index contributed by atoms with van der Waals surface area (Å²) >= 11 is 1.71. The minimum atomic E-state index is -0.0899. The van der Waals surface area contributed by atoms with Gasteiger partial charge in [0.2, 0.25) is 5.91 Å². The van der Waals surface area contributed by atoms with Crippen LogP contribution in [0.4, 0.5) is 0 Å². The first-order valence-corrected chi connectivity index (χ1v) is 7.35. The lowest BCUT2D eigenvalue weighted by Gasteiger charge is -2.24. The lowest BCUT2D eigenvalue weighted by molar-refractivity contribution is -0.120. The van der Waals surface area contributed by atoms with Gasteiger partial charge < -0.3 is 5.32 Å². The summed E-state index contributed by atoms with van der Waals surface area (Å²) in [6, 6.07) is 10.1. The molecule has 98 valence electrons. The standard InChI is InChI=1S/C14H15N3OS/c18-14(15-9-11-5-7-16-17-11)13-12-4-2-1-3-10(12)6-8-19-13/h1-5,7,13H,6,8-9H2,(H,15,18)(H,16,17)/t13-/m0/s1. The molecular formula is C14H15N3OS. The number of hydrogen-bond acceptors (Lipinski definition) is 3. The molecule has 2 aromatic rings. The molecule has 3 rings (SSSR count). The SMILES string of the molecule is O=C(NCc1ccn[nH]1)[C@H]1SCCc2ccccc21. The normalized spacial score (nSPS) is 17.8. The Morgan fingerprint density at radius 3 is 3.16 bits per heavy atom. The predicted molar refractivity (Wildman–Crippen MR) is 75.8 cm³/mol. The van der Waals surface area contributed by atoms with Crippen LogP contribution in [-0.2, 0) is 17.8 Å². The number of benzene rings is 1. The lowest BCUT2D eigenvalue weighted by Crippen LogP contribution is -2.29. The van der Waals surface area contributed by atoms with Gasteiger partial charge in [-0.05, 0) is 29.4 Å². The molecule has 1 aromatic carbocycles. The molecule has 0 fully saturated rings. The minimum Gasteiger partial charge on any atom is -0.349 e. The average Bonchev–Trinajstić information content (AvgIpc) is 2.97. The van der Waals surface area contributed by atoms with Crippen molar-refractivity contribution < 1.29 is 4.79 Å². The van der Waals surface area contributed by atoms with E-state index >= 15 is 0 Å². The first-order valence-electron chi connectivity index (χ1n) is 6.30. The zero-order valence-electron chi connectivity index (χ0n) is 10.4. The van der Waals surface area contributed by atoms with Crippen LogP contribution in [0.3, 0.4) is 0 Å². The minimum absolute atomic E-state index is 0.0757. The highest BCUT2D eigenvalue weighted by molar-refractivity contribution is 8.00. The van der Waals surface area contributed by atoms with Crippen molar-refractivity contribution in [3.8, 4) is 0 Å². The van der Waals surface area contributed by atoms with Crippen molar-refractivity contribution in [1.29, 1.82) is 0 Å². The van der Waals surface area contributed by atoms with E-state index in [0.717, 1.165) is 23.4 Å². The van der Waals surface area contributed by atoms with Crippen molar-refractivity contribution in [2.75, 3.05) is 5.75 Å². The van der Waals surface area contributed by atoms with Gasteiger partial charge in [0.05, 0.1) is 12.2 Å². The molecule has 0 saturated carbocycles. The Kier molecular flexibility index (Phi) is 3.55. The second-order valence-corrected chi connectivity index (χ2v) is 5.71. The van der Waals surface area contributed by atoms with Gasteiger partial charge in [-0.25, -0.2) is 0 Å². The van der Waals surface area contributed by atoms with Crippen molar-refractivity contribution in [1.82, 2.24) is 15.5 Å². The zero-order valence-corrected chi connectivity index (χ0v) is 11.2. The number of nitrogens with one attached hydrogen (secondary N) is 2. The summed E-state index contributed by atoms with van der Waals surface area (Å²) in [4.78, 5) is 12.3. The Balaban J connectivity index is 1.71. The number of aromatic nitrogens is 2. The Labute approximate surface area is 116 Å². The Hall–Kier alpha value is -1.75. The molecule has 2 N–H and O–H groups in total. The van der Waals surface area contributed by atoms with Crippen LogP contribution in [0.15, 0.2) is 36.5 Å². The number of rotatable bonds is 3. The van der Waals surface area contributed by atoms with Gasteiger partial charge in [-0.2, -0.15) is 5.10 Å². The molecule has 1 amide bonds. The molecule has 0 unspecified atom stereocenters. The molecule has 4 nitrogen and oxygen atoms in total. The number of H-pyrrole nitrogens is 1. The molecule has 0 bridgehead atoms. The van der Waals surface area contributed by atoms with E-state index in [-0.39, 0.29) is 11.2 Å². The number of hydrogen-bond donors (Lipinski definition) is 2. The number of nitrogens with zero attached hydrogens (tertiary/aromatic N) is 1. The predicted octanol–water partition coefficient (Wildman–Crippen LogP) is 2.06. The summed E-state index contributed by atoms with van der Waals surface area (Å²) in [6.07, 6.45) is 2.73. The topological polar surface area (TPSA) is 57.8 Å². The first kappa shape index (κ1) is 12.3. The smallest absolute Gasteiger partial charge is 0.237 e. The monoisotopic (exact) mass is 273 g/mol. The van der Waals surface area contributed by atoms with Crippen molar-refractivity contribution in [3.63, 3.8) is 0 Å². The summed E-state index contributed by atoms with van der Waals surface area (Å²) < 4.78 is 0. The third kappa shape index (κ3) is 2.66. The second kappa shape index (κ2) is 5.48. The van der Waals surface area contributed by atoms with E-state index < -0.39 is 0 Å². The highest BCUT2D eigenvalue weighted by Gasteiger charge is 2.26. The highest BCUT2D eigenvalue weighted by atomic mass is 32.2. The molecular weight excluding hydrogens is 258 g/mol. The average molecular weight is 273 g/mol. The Morgan fingerprint density at radius 1 is 1.42 bits per heavy atom. The highest BCUT2D eigenvalue weighted by Crippen LogP contribution is 2.36. The number of carbonyl (C=O) groups is 1. The number of thioether (sulfide) groups is 1. The van der Waals surface area contributed by atoms with Gasteiger partial charge in [-0.15, -0.1) is 11.8 Å². The van der Waals surface area contributed by atoms with Gasteiger partial charge >= 0.3 is 0 Å². The largest absolute Gasteiger partial charge is 0.349 e. The molecule has 0 aliphatic carbocycles. The number of fused-ring (bicyclic) bond motifs is 1. The summed E-state index contributed by atoms with van der Waals surface area (Å²) in [5, 5.41) is 9.58. The second-order valence-electron chi connectivity index (χ2n) is 4.50. The fraction of sp³-hybridized carbons (Fsp3) is 0.286. The molecule has 5 heteroatoms. The maximum Gasteiger partial charge on any atom is 0.237 e. The zero-order chi connectivity index (χ0) is 13.1. The van der Waals surface area contributed by atoms with Gasteiger partial charge in [0.15, 0.2) is 0 Å². The van der Waals surface area contributed by atoms with E-state index in [9.17, 15) is 4.79 Å². The Morgan fingerprint density at radius 2 is 2.32 bits per heavy atom. The third-order valence-electron chi connectivity index (χ3n) is 3.24. The van der Waals surface area contributed by atoms with Crippen LogP contribution < -0.4 is 5.32 Å². The Bertz CT molecular complexity index is 568. The van der Waals surface area contributed by atoms with Gasteiger partial charge in [0.25, 0.3) is 0 Å². The fourth-order valence-electron chi connectivity index (χ4n) is 2.27. The molecule has 0 saturated heterocycles. The number of aryl methyl sites for hydroxylation is 1. The van der Waals surface area contributed by atoms with Crippen molar-refractivity contribution >= 4 is 17.7 Å².